The van der Waals surface area contributed by atoms with Crippen LogP contribution >= 0.6 is 15.2 Å². The van der Waals surface area contributed by atoms with Crippen molar-refractivity contribution in [1.29, 1.82) is 0 Å². The fourth-order valence-corrected chi connectivity index (χ4v) is 3.15. The van der Waals surface area contributed by atoms with Crippen molar-refractivity contribution in [3.8, 4) is 0 Å². The Morgan fingerprint density at radius 2 is 1.14 bits per heavy atom. The molecule has 7 nitrogen and oxygen atoms in total. The van der Waals surface area contributed by atoms with E-state index in [1.165, 1.54) is 0 Å². The third-order valence-corrected chi connectivity index (χ3v) is 3.63. The van der Waals surface area contributed by atoms with Crippen LogP contribution in [0.3, 0.4) is 0 Å². The minimum absolute atomic E-state index is 0. The van der Waals surface area contributed by atoms with Crippen molar-refractivity contribution in [2.75, 3.05) is 19.1 Å². The number of nitrogens with zero attached hydrogens (tertiary/aromatic N) is 1. The van der Waals surface area contributed by atoms with Crippen molar-refractivity contribution in [3.63, 3.8) is 0 Å². The molecule has 108 valence electrons. The van der Waals surface area contributed by atoms with Crippen LogP contribution in [-0.4, -0.2) is 249 Å². The minimum Gasteiger partial charge on any atom is -0.324 e. The van der Waals surface area contributed by atoms with Gasteiger partial charge in [0.2, 0.25) is 0 Å². The predicted molar refractivity (Wildman–Crippen MR) is 87.7 cm³/mol. The van der Waals surface area contributed by atoms with Gasteiger partial charge in [0.15, 0.2) is 0 Å². The van der Waals surface area contributed by atoms with Crippen LogP contribution < -0.4 is 0 Å². The first-order valence-electron chi connectivity index (χ1n) is 5.45. The van der Waals surface area contributed by atoms with E-state index in [4.69, 9.17) is 19.6 Å². The third-order valence-electron chi connectivity index (χ3n) is 2.10. The molecule has 0 aromatic carbocycles. The Kier molecular flexibility index (Phi) is 39.4. The van der Waals surface area contributed by atoms with Gasteiger partial charge in [-0.15, -0.1) is 0 Å². The molecule has 0 saturated carbocycles. The van der Waals surface area contributed by atoms with E-state index in [0.717, 1.165) is 24.2 Å². The van der Waals surface area contributed by atoms with Crippen LogP contribution in [0.4, 0.5) is 0 Å². The van der Waals surface area contributed by atoms with E-state index in [-0.39, 0.29) is 212 Å². The van der Waals surface area contributed by atoms with Gasteiger partial charge in [-0.1, -0.05) is 26.2 Å². The summed E-state index contributed by atoms with van der Waals surface area (Å²) in [5.74, 6) is 0. The summed E-state index contributed by atoms with van der Waals surface area (Å²) < 4.78 is 21.6. The third kappa shape index (κ3) is 31.7. The Balaban J connectivity index is -0.000000213. The van der Waals surface area contributed by atoms with E-state index >= 15 is 0 Å². The summed E-state index contributed by atoms with van der Waals surface area (Å²) in [4.78, 5) is 36.4. The minimum atomic E-state index is -4.28. The monoisotopic (exact) mass is 445 g/mol. The first-order chi connectivity index (χ1) is 7.64. The van der Waals surface area contributed by atoms with Crippen LogP contribution in [-0.2, 0) is 9.13 Å². The van der Waals surface area contributed by atoms with E-state index in [2.05, 4.69) is 0 Å². The molecule has 0 spiro atoms. The van der Waals surface area contributed by atoms with Gasteiger partial charge in [-0.2, -0.15) is 0 Å². The smallest absolute Gasteiger partial charge is 0.324 e. The first-order valence-corrected chi connectivity index (χ1v) is 9.05. The Labute approximate surface area is 297 Å². The summed E-state index contributed by atoms with van der Waals surface area (Å²) in [5.41, 5.74) is 0. The molecule has 0 atom stereocenters. The van der Waals surface area contributed by atoms with E-state index in [1.807, 2.05) is 6.92 Å². The maximum Gasteiger partial charge on any atom is 0.339 e. The predicted octanol–water partition coefficient (Wildman–Crippen LogP) is -0.384. The van der Waals surface area contributed by atoms with Gasteiger partial charge in [-0.3, -0.25) is 14.0 Å². The van der Waals surface area contributed by atoms with Crippen molar-refractivity contribution < 1.29 is 28.7 Å². The normalized spacial score (nSPS) is 10.8. The summed E-state index contributed by atoms with van der Waals surface area (Å²) >= 11 is 0. The molecule has 0 amide bonds. The standard InChI is InChI=1S/C8H21NO6P2.4K/c1-2-3-4-5-6-9(7-16(10,11)12)8-17(13,14)15;;;;/h2-8H2,1H3,(H2,10,11,12)(H2,13,14,15);;;;. The molecule has 13 heteroatoms. The van der Waals surface area contributed by atoms with Crippen molar-refractivity contribution in [2.24, 2.45) is 0 Å². The Morgan fingerprint density at radius 1 is 0.762 bits per heavy atom. The maximum atomic E-state index is 10.8. The molecule has 0 bridgehead atoms. The fraction of sp³-hybridized carbons (Fsp3) is 1.00. The van der Waals surface area contributed by atoms with Gasteiger partial charge in [0.1, 0.15) is 12.6 Å². The summed E-state index contributed by atoms with van der Waals surface area (Å²) in [6, 6.07) is 0. The number of hydrogen-bond acceptors (Lipinski definition) is 3. The summed E-state index contributed by atoms with van der Waals surface area (Å²) in [7, 11) is -8.56. The zero-order valence-corrected chi connectivity index (χ0v) is 28.2. The van der Waals surface area contributed by atoms with Gasteiger partial charge < -0.3 is 19.6 Å². The molecule has 0 saturated heterocycles. The van der Waals surface area contributed by atoms with Crippen LogP contribution in [0.5, 0.6) is 0 Å². The average molecular weight is 446 g/mol. The van der Waals surface area contributed by atoms with Gasteiger partial charge in [0.05, 0.1) is 0 Å². The quantitative estimate of drug-likeness (QED) is 0.217. The van der Waals surface area contributed by atoms with Crippen LogP contribution in [0, 0.1) is 0 Å². The molecule has 4 N–H and O–H groups in total. The maximum absolute atomic E-state index is 10.8. The molecule has 0 fully saturated rings. The van der Waals surface area contributed by atoms with Crippen molar-refractivity contribution in [1.82, 2.24) is 4.90 Å². The topological polar surface area (TPSA) is 118 Å². The zero-order valence-electron chi connectivity index (χ0n) is 13.9. The van der Waals surface area contributed by atoms with E-state index in [0.29, 0.717) is 6.42 Å². The fourth-order valence-electron chi connectivity index (χ4n) is 1.47. The first kappa shape index (κ1) is 38.4. The second kappa shape index (κ2) is 21.5. The number of unbranched alkanes of at least 4 members (excludes halogenated alkanes) is 3. The Hall–Kier alpha value is 6.81. The van der Waals surface area contributed by atoms with Gasteiger partial charge in [0.25, 0.3) is 0 Å². The van der Waals surface area contributed by atoms with E-state index < -0.39 is 27.8 Å². The molecular weight excluding hydrogens is 424 g/mol. The van der Waals surface area contributed by atoms with Crippen LogP contribution in [0.1, 0.15) is 32.6 Å². The molecular formula is C8H21K4NO6P2. The SMILES string of the molecule is CCCCCCN(CP(=O)(O)O)CP(=O)(O)O.[K].[K].[K].[K]. The second-order valence-electron chi connectivity index (χ2n) is 4.07. The average Bonchev–Trinajstić information content (AvgIpc) is 2.06. The summed E-state index contributed by atoms with van der Waals surface area (Å²) in [6.45, 7) is 2.32. The van der Waals surface area contributed by atoms with Gasteiger partial charge >= 0.3 is 15.2 Å². The van der Waals surface area contributed by atoms with Crippen molar-refractivity contribution in [2.45, 2.75) is 32.6 Å². The molecule has 0 heterocycles. The van der Waals surface area contributed by atoms with Crippen LogP contribution in [0.2, 0.25) is 0 Å². The van der Waals surface area contributed by atoms with E-state index in [1.54, 1.807) is 0 Å². The van der Waals surface area contributed by atoms with E-state index in [9.17, 15) is 9.13 Å². The molecule has 4 radical (unpaired) electrons. The molecule has 0 aliphatic heterocycles. The summed E-state index contributed by atoms with van der Waals surface area (Å²) in [5, 5.41) is 0. The molecule has 0 rings (SSSR count). The molecule has 0 aromatic heterocycles. The molecule has 0 aliphatic carbocycles. The van der Waals surface area contributed by atoms with Crippen molar-refractivity contribution >= 4 is 221 Å². The molecule has 0 aromatic rings. The number of hydrogen-bond donors (Lipinski definition) is 4. The van der Waals surface area contributed by atoms with Gasteiger partial charge in [-0.05, 0) is 13.0 Å². The van der Waals surface area contributed by atoms with Crippen LogP contribution in [0.25, 0.3) is 0 Å². The molecule has 21 heavy (non-hydrogen) atoms. The van der Waals surface area contributed by atoms with Crippen molar-refractivity contribution in [3.05, 3.63) is 0 Å². The van der Waals surface area contributed by atoms with Gasteiger partial charge in [0, 0.05) is 206 Å². The Bertz CT molecular complexity index is 289. The zero-order chi connectivity index (χ0) is 13.5. The summed E-state index contributed by atoms with van der Waals surface area (Å²) in [6.07, 6.45) is 2.37. The largest absolute Gasteiger partial charge is 0.339 e. The molecule has 0 aliphatic rings. The number of rotatable bonds is 9. The van der Waals surface area contributed by atoms with Gasteiger partial charge in [-0.25, -0.2) is 0 Å². The Morgan fingerprint density at radius 3 is 1.43 bits per heavy atom. The van der Waals surface area contributed by atoms with Crippen LogP contribution in [0.15, 0.2) is 0 Å². The molecule has 0 unspecified atom stereocenters. The second-order valence-corrected chi connectivity index (χ2v) is 7.29.